The van der Waals surface area contributed by atoms with Crippen LogP contribution < -0.4 is 5.32 Å². The van der Waals surface area contributed by atoms with Gasteiger partial charge in [0.1, 0.15) is 0 Å². The molecule has 1 aromatic rings. The van der Waals surface area contributed by atoms with Gasteiger partial charge in [-0.15, -0.1) is 0 Å². The van der Waals surface area contributed by atoms with Gasteiger partial charge in [0, 0.05) is 32.2 Å². The summed E-state index contributed by atoms with van der Waals surface area (Å²) in [6, 6.07) is 11.5. The summed E-state index contributed by atoms with van der Waals surface area (Å²) in [5.74, 6) is 1.98. The average molecular weight is 422 g/mol. The van der Waals surface area contributed by atoms with Crippen molar-refractivity contribution >= 4 is 11.8 Å². The highest BCUT2D eigenvalue weighted by Crippen LogP contribution is 2.66. The van der Waals surface area contributed by atoms with Gasteiger partial charge in [0.25, 0.3) is 0 Å². The van der Waals surface area contributed by atoms with Crippen LogP contribution in [0.3, 0.4) is 0 Å². The number of nitrogens with one attached hydrogen (secondary N) is 1. The lowest BCUT2D eigenvalue weighted by Gasteiger charge is -2.62. The number of hydrogen-bond donors (Lipinski definition) is 1. The van der Waals surface area contributed by atoms with E-state index in [1.165, 1.54) is 24.8 Å². The van der Waals surface area contributed by atoms with Crippen molar-refractivity contribution in [3.05, 3.63) is 35.9 Å². The molecule has 0 radical (unpaired) electrons. The molecule has 4 bridgehead atoms. The fourth-order valence-electron chi connectivity index (χ4n) is 7.79. The Hall–Kier alpha value is -1.88. The van der Waals surface area contributed by atoms with Gasteiger partial charge < -0.3 is 10.2 Å². The smallest absolute Gasteiger partial charge is 0.234 e. The number of amides is 2. The van der Waals surface area contributed by atoms with Gasteiger partial charge in [0.2, 0.25) is 11.8 Å². The summed E-state index contributed by atoms with van der Waals surface area (Å²) in [5, 5.41) is 3.08. The number of piperazine rings is 1. The summed E-state index contributed by atoms with van der Waals surface area (Å²) in [6.45, 7) is 3.65. The largest absolute Gasteiger partial charge is 0.352 e. The first-order chi connectivity index (χ1) is 15.0. The van der Waals surface area contributed by atoms with Crippen LogP contribution in [0.4, 0.5) is 0 Å². The van der Waals surface area contributed by atoms with Crippen LogP contribution in [0.1, 0.15) is 56.9 Å². The van der Waals surface area contributed by atoms with Gasteiger partial charge in [-0.25, -0.2) is 0 Å². The molecule has 1 N–H and O–H groups in total. The van der Waals surface area contributed by atoms with Crippen molar-refractivity contribution in [3.63, 3.8) is 0 Å². The second kappa shape index (κ2) is 7.33. The molecule has 0 aromatic heterocycles. The summed E-state index contributed by atoms with van der Waals surface area (Å²) in [6.07, 6.45) is 9.36. The van der Waals surface area contributed by atoms with Crippen LogP contribution in [-0.2, 0) is 15.0 Å². The highest BCUT2D eigenvalue weighted by Gasteiger charge is 2.61. The topological polar surface area (TPSA) is 52.7 Å². The van der Waals surface area contributed by atoms with E-state index in [0.717, 1.165) is 58.3 Å². The van der Waals surface area contributed by atoms with Crippen molar-refractivity contribution in [2.75, 3.05) is 32.7 Å². The van der Waals surface area contributed by atoms with Crippen molar-refractivity contribution in [1.29, 1.82) is 0 Å². The molecule has 2 amide bonds. The maximum Gasteiger partial charge on any atom is 0.234 e. The highest BCUT2D eigenvalue weighted by molar-refractivity contribution is 5.84. The molecule has 5 nitrogen and oxygen atoms in total. The molecular formula is C26H35N3O2. The van der Waals surface area contributed by atoms with Gasteiger partial charge in [-0.05, 0) is 74.2 Å². The number of carbonyl (C=O) groups excluding carboxylic acids is 2. The molecule has 5 aliphatic carbocycles. The Morgan fingerprint density at radius 1 is 0.935 bits per heavy atom. The van der Waals surface area contributed by atoms with E-state index in [1.54, 1.807) is 0 Å². The first kappa shape index (κ1) is 19.8. The van der Waals surface area contributed by atoms with Gasteiger partial charge in [-0.1, -0.05) is 30.3 Å². The van der Waals surface area contributed by atoms with E-state index in [0.29, 0.717) is 30.3 Å². The zero-order chi connectivity index (χ0) is 21.1. The van der Waals surface area contributed by atoms with Gasteiger partial charge in [0.05, 0.1) is 12.0 Å². The van der Waals surface area contributed by atoms with Crippen molar-refractivity contribution in [2.45, 2.75) is 62.8 Å². The molecule has 4 atom stereocenters. The van der Waals surface area contributed by atoms with E-state index >= 15 is 0 Å². The summed E-state index contributed by atoms with van der Waals surface area (Å²) >= 11 is 0. The molecule has 2 unspecified atom stereocenters. The second-order valence-corrected chi connectivity index (χ2v) is 11.3. The molecule has 7 rings (SSSR count). The molecule has 1 heterocycles. The molecular weight excluding hydrogens is 386 g/mol. The zero-order valence-corrected chi connectivity index (χ0v) is 18.5. The average Bonchev–Trinajstić information content (AvgIpc) is 3.57. The highest BCUT2D eigenvalue weighted by atomic mass is 16.2. The molecule has 166 valence electrons. The molecule has 6 aliphatic rings. The van der Waals surface area contributed by atoms with E-state index in [4.69, 9.17) is 0 Å². The van der Waals surface area contributed by atoms with E-state index in [2.05, 4.69) is 45.4 Å². The molecule has 6 fully saturated rings. The van der Waals surface area contributed by atoms with E-state index in [1.807, 2.05) is 0 Å². The van der Waals surface area contributed by atoms with Gasteiger partial charge in [-0.2, -0.15) is 0 Å². The molecule has 1 aromatic carbocycles. The van der Waals surface area contributed by atoms with Crippen LogP contribution >= 0.6 is 0 Å². The quantitative estimate of drug-likeness (QED) is 0.795. The van der Waals surface area contributed by atoms with Crippen LogP contribution in [0, 0.1) is 17.3 Å². The van der Waals surface area contributed by atoms with Crippen molar-refractivity contribution in [3.8, 4) is 0 Å². The molecule has 0 spiro atoms. The van der Waals surface area contributed by atoms with Crippen LogP contribution in [0.5, 0.6) is 0 Å². The number of benzene rings is 1. The van der Waals surface area contributed by atoms with Crippen LogP contribution in [0.15, 0.2) is 30.3 Å². The number of hydrogen-bond acceptors (Lipinski definition) is 3. The van der Waals surface area contributed by atoms with Crippen molar-refractivity contribution < 1.29 is 9.59 Å². The van der Waals surface area contributed by atoms with Gasteiger partial charge in [-0.3, -0.25) is 14.5 Å². The zero-order valence-electron chi connectivity index (χ0n) is 18.5. The molecule has 5 saturated carbocycles. The minimum atomic E-state index is -0.147. The van der Waals surface area contributed by atoms with Crippen molar-refractivity contribution in [2.24, 2.45) is 17.3 Å². The summed E-state index contributed by atoms with van der Waals surface area (Å²) < 4.78 is 0. The SMILES string of the molecule is O=C(CN1CCN(C(=O)C23C[C@H]4C[C@@H](C2)CC(c2ccccc2)(C4)C3)CC1)NC1CC1. The summed E-state index contributed by atoms with van der Waals surface area (Å²) in [7, 11) is 0. The lowest BCUT2D eigenvalue weighted by Crippen LogP contribution is -2.61. The third-order valence-electron chi connectivity index (χ3n) is 8.87. The third-order valence-corrected chi connectivity index (χ3v) is 8.87. The van der Waals surface area contributed by atoms with E-state index < -0.39 is 0 Å². The Bertz CT molecular complexity index is 843. The van der Waals surface area contributed by atoms with Crippen LogP contribution in [0.2, 0.25) is 0 Å². The minimum Gasteiger partial charge on any atom is -0.352 e. The molecule has 5 heteroatoms. The van der Waals surface area contributed by atoms with Crippen LogP contribution in [-0.4, -0.2) is 60.4 Å². The first-order valence-electron chi connectivity index (χ1n) is 12.4. The number of nitrogens with zero attached hydrogens (tertiary/aromatic N) is 2. The Balaban J connectivity index is 1.14. The van der Waals surface area contributed by atoms with Crippen molar-refractivity contribution in [1.82, 2.24) is 15.1 Å². The van der Waals surface area contributed by atoms with Gasteiger partial charge >= 0.3 is 0 Å². The maximum atomic E-state index is 13.9. The first-order valence-corrected chi connectivity index (χ1v) is 12.4. The fraction of sp³-hybridized carbons (Fsp3) is 0.692. The van der Waals surface area contributed by atoms with E-state index in [-0.39, 0.29) is 16.7 Å². The Morgan fingerprint density at radius 2 is 1.61 bits per heavy atom. The Morgan fingerprint density at radius 3 is 2.26 bits per heavy atom. The predicted octanol–water partition coefficient (Wildman–Crippen LogP) is 2.95. The predicted molar refractivity (Wildman–Crippen MR) is 119 cm³/mol. The molecule has 1 saturated heterocycles. The third kappa shape index (κ3) is 3.59. The number of rotatable bonds is 5. The summed E-state index contributed by atoms with van der Waals surface area (Å²) in [5.41, 5.74) is 1.53. The molecule has 31 heavy (non-hydrogen) atoms. The standard InChI is InChI=1S/C26H35N3O2/c30-23(27-22-6-7-22)17-28-8-10-29(11-9-28)24(31)26-15-19-12-20(16-26)14-25(13-19,18-26)21-4-2-1-3-5-21/h1-5,19-20,22H,6-18H2,(H,27,30)/t19-,20+,25?,26?. The van der Waals surface area contributed by atoms with Crippen LogP contribution in [0.25, 0.3) is 0 Å². The van der Waals surface area contributed by atoms with E-state index in [9.17, 15) is 9.59 Å². The maximum absolute atomic E-state index is 13.9. The molecule has 1 aliphatic heterocycles. The van der Waals surface area contributed by atoms with Gasteiger partial charge in [0.15, 0.2) is 0 Å². The Labute approximate surface area is 185 Å². The minimum absolute atomic E-state index is 0.146. The monoisotopic (exact) mass is 421 g/mol. The number of carbonyl (C=O) groups is 2. The lowest BCUT2D eigenvalue weighted by atomic mass is 9.42. The Kier molecular flexibility index (Phi) is 4.68. The normalized spacial score (nSPS) is 37.1. The second-order valence-electron chi connectivity index (χ2n) is 11.3. The fourth-order valence-corrected chi connectivity index (χ4v) is 7.79. The lowest BCUT2D eigenvalue weighted by molar-refractivity contribution is -0.162. The summed E-state index contributed by atoms with van der Waals surface area (Å²) in [4.78, 5) is 30.4.